The third kappa shape index (κ3) is 2.39. The molecule has 2 heterocycles. The molecule has 0 N–H and O–H groups in total. The van der Waals surface area contributed by atoms with Crippen LogP contribution in [0.1, 0.15) is 18.1 Å². The quantitative estimate of drug-likeness (QED) is 0.745. The number of pyridine rings is 2. The van der Waals surface area contributed by atoms with E-state index in [0.717, 1.165) is 30.7 Å². The summed E-state index contributed by atoms with van der Waals surface area (Å²) in [5, 5.41) is 0.694. The Kier molecular flexibility index (Phi) is 3.60. The SMILES string of the molecule is CCn1ccc(=O)c2cc(N(C)C3Cc4ccccc4C3)cnc21. The summed E-state index contributed by atoms with van der Waals surface area (Å²) in [4.78, 5) is 19.1. The molecule has 0 aliphatic heterocycles. The normalized spacial score (nSPS) is 14.1. The molecule has 0 bridgehead atoms. The van der Waals surface area contributed by atoms with Crippen LogP contribution in [0.2, 0.25) is 0 Å². The van der Waals surface area contributed by atoms with Crippen molar-refractivity contribution in [3.63, 3.8) is 0 Å². The summed E-state index contributed by atoms with van der Waals surface area (Å²) in [7, 11) is 2.10. The number of likely N-dealkylation sites (N-methyl/N-ethyl adjacent to an activating group) is 1. The first-order chi connectivity index (χ1) is 11.7. The number of anilines is 1. The maximum absolute atomic E-state index is 12.2. The average molecular weight is 319 g/mol. The van der Waals surface area contributed by atoms with Gasteiger partial charge in [0.1, 0.15) is 5.65 Å². The molecule has 1 aromatic carbocycles. The van der Waals surface area contributed by atoms with Gasteiger partial charge in [-0.25, -0.2) is 4.98 Å². The molecule has 4 nitrogen and oxygen atoms in total. The first-order valence-corrected chi connectivity index (χ1v) is 8.46. The number of hydrogen-bond donors (Lipinski definition) is 0. The minimum Gasteiger partial charge on any atom is -0.370 e. The number of aryl methyl sites for hydroxylation is 1. The van der Waals surface area contributed by atoms with Crippen molar-refractivity contribution >= 4 is 16.7 Å². The van der Waals surface area contributed by atoms with Crippen LogP contribution in [0, 0.1) is 0 Å². The van der Waals surface area contributed by atoms with Crippen LogP contribution in [0.4, 0.5) is 5.69 Å². The largest absolute Gasteiger partial charge is 0.370 e. The van der Waals surface area contributed by atoms with Gasteiger partial charge in [0, 0.05) is 31.9 Å². The van der Waals surface area contributed by atoms with Gasteiger partial charge >= 0.3 is 0 Å². The van der Waals surface area contributed by atoms with Gasteiger partial charge in [0.15, 0.2) is 5.43 Å². The van der Waals surface area contributed by atoms with Gasteiger partial charge in [0.25, 0.3) is 0 Å². The van der Waals surface area contributed by atoms with Gasteiger partial charge in [-0.05, 0) is 37.0 Å². The van der Waals surface area contributed by atoms with Gasteiger partial charge in [-0.1, -0.05) is 24.3 Å². The zero-order chi connectivity index (χ0) is 16.7. The Bertz CT molecular complexity index is 936. The topological polar surface area (TPSA) is 38.1 Å². The van der Waals surface area contributed by atoms with Crippen LogP contribution >= 0.6 is 0 Å². The highest BCUT2D eigenvalue weighted by Gasteiger charge is 2.25. The van der Waals surface area contributed by atoms with E-state index in [-0.39, 0.29) is 5.43 Å². The van der Waals surface area contributed by atoms with E-state index in [9.17, 15) is 4.79 Å². The summed E-state index contributed by atoms with van der Waals surface area (Å²) in [5.41, 5.74) is 4.66. The molecule has 1 aliphatic carbocycles. The summed E-state index contributed by atoms with van der Waals surface area (Å²) < 4.78 is 2.01. The lowest BCUT2D eigenvalue weighted by atomic mass is 10.1. The zero-order valence-corrected chi connectivity index (χ0v) is 14.1. The molecule has 3 aromatic rings. The second kappa shape index (κ2) is 5.78. The summed E-state index contributed by atoms with van der Waals surface area (Å²) in [5.74, 6) is 0. The predicted molar refractivity (Wildman–Crippen MR) is 97.7 cm³/mol. The number of rotatable bonds is 3. The second-order valence-electron chi connectivity index (χ2n) is 6.47. The molecule has 24 heavy (non-hydrogen) atoms. The molecule has 4 rings (SSSR count). The Hall–Kier alpha value is -2.62. The molecule has 0 fully saturated rings. The minimum absolute atomic E-state index is 0.0344. The van der Waals surface area contributed by atoms with Gasteiger partial charge in [0.05, 0.1) is 17.3 Å². The van der Waals surface area contributed by atoms with E-state index in [2.05, 4.69) is 48.1 Å². The maximum Gasteiger partial charge on any atom is 0.191 e. The Labute approximate surface area is 141 Å². The monoisotopic (exact) mass is 319 g/mol. The van der Waals surface area contributed by atoms with E-state index in [4.69, 9.17) is 0 Å². The fraction of sp³-hybridized carbons (Fsp3) is 0.300. The van der Waals surface area contributed by atoms with Crippen LogP contribution < -0.4 is 10.3 Å². The van der Waals surface area contributed by atoms with Crippen molar-refractivity contribution < 1.29 is 0 Å². The minimum atomic E-state index is 0.0344. The van der Waals surface area contributed by atoms with E-state index in [0.29, 0.717) is 11.4 Å². The van der Waals surface area contributed by atoms with E-state index < -0.39 is 0 Å². The lowest BCUT2D eigenvalue weighted by Crippen LogP contribution is -2.32. The Morgan fingerprint density at radius 2 is 1.92 bits per heavy atom. The van der Waals surface area contributed by atoms with E-state index in [1.165, 1.54) is 11.1 Å². The first kappa shape index (κ1) is 14.9. The van der Waals surface area contributed by atoms with Crippen LogP contribution in [0.5, 0.6) is 0 Å². The molecule has 1 aliphatic rings. The van der Waals surface area contributed by atoms with Crippen molar-refractivity contribution in [1.29, 1.82) is 0 Å². The van der Waals surface area contributed by atoms with Gasteiger partial charge in [-0.15, -0.1) is 0 Å². The average Bonchev–Trinajstić information content (AvgIpc) is 3.05. The van der Waals surface area contributed by atoms with Crippen LogP contribution in [0.15, 0.2) is 53.6 Å². The smallest absolute Gasteiger partial charge is 0.191 e. The van der Waals surface area contributed by atoms with Crippen LogP contribution in [0.25, 0.3) is 11.0 Å². The highest BCUT2D eigenvalue weighted by Crippen LogP contribution is 2.28. The van der Waals surface area contributed by atoms with E-state index in [1.807, 2.05) is 23.0 Å². The van der Waals surface area contributed by atoms with E-state index >= 15 is 0 Å². The van der Waals surface area contributed by atoms with E-state index in [1.54, 1.807) is 6.07 Å². The molecular formula is C20H21N3O. The van der Waals surface area contributed by atoms with Crippen molar-refractivity contribution in [3.8, 4) is 0 Å². The van der Waals surface area contributed by atoms with Gasteiger partial charge < -0.3 is 9.47 Å². The number of hydrogen-bond acceptors (Lipinski definition) is 3. The lowest BCUT2D eigenvalue weighted by molar-refractivity contribution is 0.666. The molecule has 0 unspecified atom stereocenters. The van der Waals surface area contributed by atoms with Crippen molar-refractivity contribution in [2.45, 2.75) is 32.4 Å². The number of fused-ring (bicyclic) bond motifs is 2. The van der Waals surface area contributed by atoms with Crippen molar-refractivity contribution in [2.75, 3.05) is 11.9 Å². The van der Waals surface area contributed by atoms with Crippen molar-refractivity contribution in [2.24, 2.45) is 0 Å². The molecule has 2 aromatic heterocycles. The highest BCUT2D eigenvalue weighted by atomic mass is 16.1. The third-order valence-corrected chi connectivity index (χ3v) is 5.12. The molecule has 0 spiro atoms. The standard InChI is InChI=1S/C20H21N3O/c1-3-23-9-8-19(24)18-12-17(13-21-20(18)23)22(2)16-10-14-6-4-5-7-15(14)11-16/h4-9,12-13,16H,3,10-11H2,1-2H3. The Morgan fingerprint density at radius 1 is 1.21 bits per heavy atom. The second-order valence-corrected chi connectivity index (χ2v) is 6.47. The molecule has 4 heteroatoms. The molecular weight excluding hydrogens is 298 g/mol. The summed E-state index contributed by atoms with van der Waals surface area (Å²) in [6.45, 7) is 2.86. The summed E-state index contributed by atoms with van der Waals surface area (Å²) in [6, 6.07) is 12.7. The molecule has 0 radical (unpaired) electrons. The molecule has 0 atom stereocenters. The highest BCUT2D eigenvalue weighted by molar-refractivity contribution is 5.78. The fourth-order valence-corrected chi connectivity index (χ4v) is 3.64. The van der Waals surface area contributed by atoms with Crippen molar-refractivity contribution in [1.82, 2.24) is 9.55 Å². The zero-order valence-electron chi connectivity index (χ0n) is 14.1. The molecule has 0 saturated carbocycles. The van der Waals surface area contributed by atoms with Gasteiger partial charge in [-0.3, -0.25) is 4.79 Å². The molecule has 0 saturated heterocycles. The summed E-state index contributed by atoms with van der Waals surface area (Å²) >= 11 is 0. The fourth-order valence-electron chi connectivity index (χ4n) is 3.64. The Balaban J connectivity index is 1.70. The number of nitrogens with zero attached hydrogens (tertiary/aromatic N) is 3. The number of benzene rings is 1. The van der Waals surface area contributed by atoms with Gasteiger partial charge in [0.2, 0.25) is 0 Å². The van der Waals surface area contributed by atoms with Crippen LogP contribution in [-0.2, 0) is 19.4 Å². The maximum atomic E-state index is 12.2. The first-order valence-electron chi connectivity index (χ1n) is 8.46. The lowest BCUT2D eigenvalue weighted by Gasteiger charge is -2.26. The molecule has 0 amide bonds. The summed E-state index contributed by atoms with van der Waals surface area (Å²) in [6.07, 6.45) is 5.78. The van der Waals surface area contributed by atoms with Crippen LogP contribution in [-0.4, -0.2) is 22.6 Å². The third-order valence-electron chi connectivity index (χ3n) is 5.12. The van der Waals surface area contributed by atoms with Crippen molar-refractivity contribution in [3.05, 3.63) is 70.1 Å². The predicted octanol–water partition coefficient (Wildman–Crippen LogP) is 3.02. The number of aromatic nitrogens is 2. The van der Waals surface area contributed by atoms with Gasteiger partial charge in [-0.2, -0.15) is 0 Å². The Morgan fingerprint density at radius 3 is 2.58 bits per heavy atom. The van der Waals surface area contributed by atoms with Crippen LogP contribution in [0.3, 0.4) is 0 Å². The molecule has 122 valence electrons.